The van der Waals surface area contributed by atoms with E-state index in [2.05, 4.69) is 24.7 Å². The average molecular weight is 1890 g/mol. The van der Waals surface area contributed by atoms with E-state index in [1.165, 1.54) is 107 Å². The summed E-state index contributed by atoms with van der Waals surface area (Å²) in [6.45, 7) is 4.90. The van der Waals surface area contributed by atoms with Crippen LogP contribution >= 0.6 is 0 Å². The van der Waals surface area contributed by atoms with Crippen molar-refractivity contribution in [3.05, 3.63) is 180 Å². The Morgan fingerprint density at radius 2 is 0.545 bits per heavy atom. The highest BCUT2D eigenvalue weighted by Gasteiger charge is 2.41. The Bertz CT molecular complexity index is 6250. The van der Waals surface area contributed by atoms with E-state index >= 15 is 0 Å². The van der Waals surface area contributed by atoms with Gasteiger partial charge in [0.2, 0.25) is 27.5 Å². The van der Waals surface area contributed by atoms with Crippen molar-refractivity contribution in [2.24, 2.45) is 0 Å². The molecule has 0 saturated heterocycles. The molecular formula is C84H77F15N4O29. The van der Waals surface area contributed by atoms with Gasteiger partial charge in [-0.05, 0) is 86.1 Å². The molecule has 0 bridgehead atoms. The molecule has 33 nitrogen and oxygen atoms in total. The Balaban J connectivity index is 0.000000283. The highest BCUT2D eigenvalue weighted by atomic mass is 19.4. The molecule has 8 aromatic carbocycles. The van der Waals surface area contributed by atoms with Crippen molar-refractivity contribution < 1.29 is 187 Å². The Hall–Kier alpha value is -16.0. The van der Waals surface area contributed by atoms with Gasteiger partial charge in [-0.1, -0.05) is 55.5 Å². The van der Waals surface area contributed by atoms with Crippen LogP contribution in [0, 0.1) is 0 Å². The van der Waals surface area contributed by atoms with Crippen molar-refractivity contribution in [1.82, 2.24) is 19.9 Å². The van der Waals surface area contributed by atoms with Gasteiger partial charge in [-0.2, -0.15) is 52.7 Å². The summed E-state index contributed by atoms with van der Waals surface area (Å²) in [5, 5.41) is 71.2. The number of fused-ring (bicyclic) bond motifs is 4. The van der Waals surface area contributed by atoms with Gasteiger partial charge in [0.15, 0.2) is 69.0 Å². The average Bonchev–Trinajstić information content (AvgIpc) is 0.757. The number of aromatic amines is 4. The number of carboxylic acid groups (broad SMARTS) is 4. The number of H-pyrrole nitrogens is 4. The molecule has 0 radical (unpaired) electrons. The number of carbonyl (C=O) groups is 4. The molecule has 132 heavy (non-hydrogen) atoms. The summed E-state index contributed by atoms with van der Waals surface area (Å²) in [5.74, 6) is -8.44. The molecule has 48 heteroatoms. The van der Waals surface area contributed by atoms with Gasteiger partial charge < -0.3 is 122 Å². The summed E-state index contributed by atoms with van der Waals surface area (Å²) in [4.78, 5) is 98.4. The monoisotopic (exact) mass is 1890 g/mol. The van der Waals surface area contributed by atoms with Crippen LogP contribution in [0.2, 0.25) is 0 Å². The molecular weight excluding hydrogens is 1810 g/mol. The fourth-order valence-electron chi connectivity index (χ4n) is 11.2. The summed E-state index contributed by atoms with van der Waals surface area (Å²) in [6, 6.07) is 37.5. The smallest absolute Gasteiger partial charge is 0.503 e. The first-order chi connectivity index (χ1) is 61.8. The number of nitrogens with one attached hydrogen (secondary N) is 4. The normalized spacial score (nSPS) is 11.0. The van der Waals surface area contributed by atoms with Crippen LogP contribution in [0.5, 0.6) is 97.7 Å². The molecule has 0 aliphatic heterocycles. The predicted octanol–water partition coefficient (Wildman–Crippen LogP) is 16.3. The SMILES string of the molecule is CCCOc1ccccc1-c1[nH]c2cc(OC)c(OC)cc2c(=O)c1O.CCOc1ccccc1-c1[nH]c2cc(OC)c(OC)cc2c(=O)c1O.COc1cc2[nH]c(-c3ccccc3OC(F)(F)F)c(O)c(=O)c2cc1OC.COc1ccccc1-c1[nH]c2c(OC)c(OC)c(OC)cc2c(=O)c1O.O=C(O)C(F)(F)F.O=C(O)C(F)(F)F.O=C(O)C(F)(F)F.O=C(O)C(F)(F)F. The fraction of sp³-hybridized carbons (Fsp3) is 0.238. The highest BCUT2D eigenvalue weighted by molar-refractivity contribution is 5.95. The maximum absolute atomic E-state index is 12.8. The zero-order valence-electron chi connectivity index (χ0n) is 70.2. The zero-order chi connectivity index (χ0) is 99.6. The van der Waals surface area contributed by atoms with Gasteiger partial charge in [-0.25, -0.2) is 19.2 Å². The van der Waals surface area contributed by atoms with Crippen LogP contribution in [0.1, 0.15) is 20.3 Å². The van der Waals surface area contributed by atoms with Crippen LogP contribution in [0.15, 0.2) is 159 Å². The van der Waals surface area contributed by atoms with E-state index in [4.69, 9.17) is 96.4 Å². The van der Waals surface area contributed by atoms with E-state index in [0.29, 0.717) is 132 Å². The number of halogens is 15. The summed E-state index contributed by atoms with van der Waals surface area (Å²) in [5.41, 5.74) is 1.65. The van der Waals surface area contributed by atoms with Gasteiger partial charge in [-0.15, -0.1) is 13.2 Å². The van der Waals surface area contributed by atoms with Crippen LogP contribution < -0.4 is 83.3 Å². The molecule has 712 valence electrons. The maximum atomic E-state index is 12.8. The van der Waals surface area contributed by atoms with E-state index in [1.54, 1.807) is 66.7 Å². The third-order valence-electron chi connectivity index (χ3n) is 17.0. The number of carboxylic acids is 4. The number of aromatic hydroxyl groups is 4. The number of methoxy groups -OCH3 is 10. The number of aliphatic carboxylic acids is 4. The third-order valence-corrected chi connectivity index (χ3v) is 17.0. The van der Waals surface area contributed by atoms with E-state index in [9.17, 15) is 105 Å². The molecule has 0 fully saturated rings. The fourth-order valence-corrected chi connectivity index (χ4v) is 11.2. The van der Waals surface area contributed by atoms with E-state index in [1.807, 2.05) is 44.2 Å². The third kappa shape index (κ3) is 27.1. The van der Waals surface area contributed by atoms with Gasteiger partial charge in [0, 0.05) is 40.5 Å². The van der Waals surface area contributed by atoms with Crippen molar-refractivity contribution in [1.29, 1.82) is 0 Å². The molecule has 0 spiro atoms. The second-order valence-corrected chi connectivity index (χ2v) is 25.3. The van der Waals surface area contributed by atoms with Gasteiger partial charge in [0.25, 0.3) is 0 Å². The Morgan fingerprint density at radius 1 is 0.303 bits per heavy atom. The summed E-state index contributed by atoms with van der Waals surface area (Å²) in [7, 11) is 14.7. The van der Waals surface area contributed by atoms with E-state index < -0.39 is 93.9 Å². The number of para-hydroxylation sites is 4. The molecule has 0 atom stereocenters. The number of aromatic nitrogens is 4. The minimum absolute atomic E-state index is 0.0862. The first-order valence-electron chi connectivity index (χ1n) is 36.5. The lowest BCUT2D eigenvalue weighted by molar-refractivity contribution is -0.274. The van der Waals surface area contributed by atoms with Crippen LogP contribution in [-0.2, 0) is 19.2 Å². The van der Waals surface area contributed by atoms with Crippen LogP contribution in [-0.4, -0.2) is 200 Å². The van der Waals surface area contributed by atoms with Crippen molar-refractivity contribution in [3.63, 3.8) is 0 Å². The summed E-state index contributed by atoms with van der Waals surface area (Å²) in [6.07, 6.45) is -24.4. The lowest BCUT2D eigenvalue weighted by Gasteiger charge is -2.16. The number of alkyl halides is 15. The Kier molecular flexibility index (Phi) is 37.3. The molecule has 0 aliphatic rings. The highest BCUT2D eigenvalue weighted by Crippen LogP contribution is 2.46. The molecule has 0 saturated carbocycles. The molecule has 0 unspecified atom stereocenters. The first kappa shape index (κ1) is 107. The molecule has 4 aromatic heterocycles. The quantitative estimate of drug-likeness (QED) is 0.0315. The number of pyridine rings is 4. The van der Waals surface area contributed by atoms with Crippen LogP contribution in [0.3, 0.4) is 0 Å². The molecule has 12 aromatic rings. The second-order valence-electron chi connectivity index (χ2n) is 25.3. The Morgan fingerprint density at radius 3 is 0.818 bits per heavy atom. The topological polar surface area (TPSA) is 482 Å². The van der Waals surface area contributed by atoms with Crippen LogP contribution in [0.4, 0.5) is 65.9 Å². The molecule has 4 heterocycles. The van der Waals surface area contributed by atoms with Crippen molar-refractivity contribution in [3.8, 4) is 143 Å². The number of ether oxygens (including phenoxy) is 13. The number of hydrogen-bond donors (Lipinski definition) is 12. The van der Waals surface area contributed by atoms with Crippen LogP contribution in [0.25, 0.3) is 88.6 Å². The second kappa shape index (κ2) is 46.1. The van der Waals surface area contributed by atoms with Gasteiger partial charge in [-0.3, -0.25) is 19.2 Å². The molecule has 12 rings (SSSR count). The summed E-state index contributed by atoms with van der Waals surface area (Å²) < 4.78 is 233. The summed E-state index contributed by atoms with van der Waals surface area (Å²) >= 11 is 0. The van der Waals surface area contributed by atoms with Gasteiger partial charge >= 0.3 is 54.9 Å². The standard InChI is InChI=1S/C20H21NO5.C19H19NO6.C19H19NO5.C18H14F3NO5.4C2HF3O2/c1-4-9-26-15-8-6-5-7-12(15)18-20(23)19(22)13-10-16(24-2)17(25-3)11-14(13)21-18;1-23-12-8-6-5-7-10(12)14-17(22)16(21)11-9-13(24-2)18(25-3)19(26-4)15(11)20-14;1-4-25-14-8-6-5-7-11(14)17-19(22)18(21)12-9-15(23-2)16(24-3)10-13(12)20-17;1-25-13-7-10-11(8-14(13)26-2)22-15(17(24)16(10)23)9-5-3-4-6-12(9)27-18(19,20)21;4*3-2(4,5)1(6)7/h5-8,10-11,23H,4,9H2,1-3H3,(H,21,22);5-9,22H,1-4H3,(H,20,21);5-10,22H,4H2,1-3H3,(H,20,21);3-8,24H,1-2H3,(H,22,23);4*(H,6,7). The largest absolute Gasteiger partial charge is 0.573 e. The maximum Gasteiger partial charge on any atom is 0.573 e. The first-order valence-corrected chi connectivity index (χ1v) is 36.5. The van der Waals surface area contributed by atoms with Crippen molar-refractivity contribution >= 4 is 67.5 Å². The predicted molar refractivity (Wildman–Crippen MR) is 441 cm³/mol. The number of hydrogen-bond acceptors (Lipinski definition) is 25. The van der Waals surface area contributed by atoms with Gasteiger partial charge in [0.05, 0.1) is 151 Å². The lowest BCUT2D eigenvalue weighted by Crippen LogP contribution is -2.21. The van der Waals surface area contributed by atoms with Crippen molar-refractivity contribution in [2.75, 3.05) is 84.3 Å². The number of benzene rings is 8. The van der Waals surface area contributed by atoms with E-state index in [0.717, 1.165) is 12.5 Å². The number of rotatable bonds is 20. The molecule has 0 amide bonds. The Labute approximate surface area is 731 Å². The molecule has 12 N–H and O–H groups in total. The van der Waals surface area contributed by atoms with Gasteiger partial charge in [0.1, 0.15) is 23.0 Å². The molecule has 0 aliphatic carbocycles. The zero-order valence-corrected chi connectivity index (χ0v) is 70.2. The lowest BCUT2D eigenvalue weighted by atomic mass is 10.1. The minimum Gasteiger partial charge on any atom is -0.503 e. The van der Waals surface area contributed by atoms with E-state index in [-0.39, 0.29) is 50.5 Å². The minimum atomic E-state index is -5.08. The van der Waals surface area contributed by atoms with Crippen molar-refractivity contribution in [2.45, 2.75) is 51.3 Å².